The predicted octanol–water partition coefficient (Wildman–Crippen LogP) is 2.46. The molecule has 2 aromatic rings. The number of pyridine rings is 1. The van der Waals surface area contributed by atoms with Crippen molar-refractivity contribution in [1.29, 1.82) is 0 Å². The molecule has 2 N–H and O–H groups in total. The molecular weight excluding hydrogens is 246 g/mol. The van der Waals surface area contributed by atoms with Gasteiger partial charge in [0, 0.05) is 12.3 Å². The lowest BCUT2D eigenvalue weighted by Crippen LogP contribution is -2.00. The van der Waals surface area contributed by atoms with Crippen molar-refractivity contribution in [3.8, 4) is 5.75 Å². The molecule has 0 spiro atoms. The molecule has 0 aliphatic carbocycles. The molecule has 0 bridgehead atoms. The standard InChI is InChI=1S/C13H13N3O3/c1-9-2-3-11(16(17)18)12(6-9)19-8-10-4-5-15-13(14)7-10/h2-7H,8H2,1H3,(H2,14,15). The number of benzene rings is 1. The first-order valence-electron chi connectivity index (χ1n) is 5.64. The zero-order chi connectivity index (χ0) is 13.8. The molecule has 19 heavy (non-hydrogen) atoms. The van der Waals surface area contributed by atoms with Gasteiger partial charge in [0.05, 0.1) is 4.92 Å². The molecule has 0 unspecified atom stereocenters. The van der Waals surface area contributed by atoms with Crippen LogP contribution in [0.5, 0.6) is 5.75 Å². The predicted molar refractivity (Wildman–Crippen MR) is 70.8 cm³/mol. The molecular formula is C13H13N3O3. The summed E-state index contributed by atoms with van der Waals surface area (Å²) < 4.78 is 5.50. The Morgan fingerprint density at radius 1 is 1.37 bits per heavy atom. The summed E-state index contributed by atoms with van der Waals surface area (Å²) in [5, 5.41) is 10.9. The molecule has 0 saturated carbocycles. The largest absolute Gasteiger partial charge is 0.482 e. The highest BCUT2D eigenvalue weighted by Crippen LogP contribution is 2.28. The number of aromatic nitrogens is 1. The summed E-state index contributed by atoms with van der Waals surface area (Å²) in [4.78, 5) is 14.3. The van der Waals surface area contributed by atoms with Gasteiger partial charge in [-0.25, -0.2) is 4.98 Å². The number of nitrogens with two attached hydrogens (primary N) is 1. The van der Waals surface area contributed by atoms with Crippen LogP contribution < -0.4 is 10.5 Å². The quantitative estimate of drug-likeness (QED) is 0.672. The van der Waals surface area contributed by atoms with E-state index in [2.05, 4.69) is 4.98 Å². The van der Waals surface area contributed by atoms with Crippen molar-refractivity contribution < 1.29 is 9.66 Å². The van der Waals surface area contributed by atoms with E-state index < -0.39 is 4.92 Å². The fourth-order valence-corrected chi connectivity index (χ4v) is 1.63. The van der Waals surface area contributed by atoms with Crippen LogP contribution in [0.25, 0.3) is 0 Å². The van der Waals surface area contributed by atoms with Gasteiger partial charge in [0.1, 0.15) is 12.4 Å². The van der Waals surface area contributed by atoms with E-state index in [0.717, 1.165) is 11.1 Å². The van der Waals surface area contributed by atoms with E-state index in [-0.39, 0.29) is 18.0 Å². The molecule has 1 heterocycles. The summed E-state index contributed by atoms with van der Waals surface area (Å²) in [6, 6.07) is 8.17. The average Bonchev–Trinajstić information content (AvgIpc) is 2.36. The molecule has 1 aromatic carbocycles. The number of nitrogens with zero attached hydrogens (tertiary/aromatic N) is 2. The second kappa shape index (κ2) is 5.34. The Balaban J connectivity index is 2.19. The molecule has 0 atom stereocenters. The third-order valence-corrected chi connectivity index (χ3v) is 2.55. The summed E-state index contributed by atoms with van der Waals surface area (Å²) in [5.41, 5.74) is 7.21. The maximum absolute atomic E-state index is 10.9. The van der Waals surface area contributed by atoms with Crippen LogP contribution in [0, 0.1) is 17.0 Å². The molecule has 6 heteroatoms. The Labute approximate surface area is 110 Å². The van der Waals surface area contributed by atoms with Crippen LogP contribution >= 0.6 is 0 Å². The number of nitro groups is 1. The van der Waals surface area contributed by atoms with E-state index >= 15 is 0 Å². The van der Waals surface area contributed by atoms with Crippen LogP contribution in [0.2, 0.25) is 0 Å². The number of rotatable bonds is 4. The van der Waals surface area contributed by atoms with Gasteiger partial charge in [-0.15, -0.1) is 0 Å². The number of nitro benzene ring substituents is 1. The molecule has 0 aliphatic heterocycles. The minimum atomic E-state index is -0.463. The Kier molecular flexibility index (Phi) is 3.61. The molecule has 0 saturated heterocycles. The van der Waals surface area contributed by atoms with E-state index in [1.54, 1.807) is 30.5 Å². The number of aryl methyl sites for hydroxylation is 1. The highest BCUT2D eigenvalue weighted by atomic mass is 16.6. The fourth-order valence-electron chi connectivity index (χ4n) is 1.63. The minimum Gasteiger partial charge on any atom is -0.482 e. The van der Waals surface area contributed by atoms with Gasteiger partial charge < -0.3 is 10.5 Å². The molecule has 1 aromatic heterocycles. The van der Waals surface area contributed by atoms with E-state index in [9.17, 15) is 10.1 Å². The number of hydrogen-bond donors (Lipinski definition) is 1. The highest BCUT2D eigenvalue weighted by Gasteiger charge is 2.14. The third kappa shape index (κ3) is 3.19. The second-order valence-electron chi connectivity index (χ2n) is 4.11. The normalized spacial score (nSPS) is 10.2. The first kappa shape index (κ1) is 12.8. The number of nitrogen functional groups attached to an aromatic ring is 1. The van der Waals surface area contributed by atoms with E-state index in [1.165, 1.54) is 6.07 Å². The molecule has 0 aliphatic rings. The Hall–Kier alpha value is -2.63. The van der Waals surface area contributed by atoms with Crippen LogP contribution in [0.3, 0.4) is 0 Å². The zero-order valence-corrected chi connectivity index (χ0v) is 10.4. The lowest BCUT2D eigenvalue weighted by atomic mass is 10.2. The Morgan fingerprint density at radius 3 is 2.84 bits per heavy atom. The summed E-state index contributed by atoms with van der Waals surface area (Å²) >= 11 is 0. The third-order valence-electron chi connectivity index (χ3n) is 2.55. The summed E-state index contributed by atoms with van der Waals surface area (Å²) in [6.07, 6.45) is 1.57. The molecule has 98 valence electrons. The number of anilines is 1. The van der Waals surface area contributed by atoms with Crippen molar-refractivity contribution in [2.75, 3.05) is 5.73 Å². The van der Waals surface area contributed by atoms with E-state index in [4.69, 9.17) is 10.5 Å². The molecule has 0 amide bonds. The average molecular weight is 259 g/mol. The first-order chi connectivity index (χ1) is 9.06. The fraction of sp³-hybridized carbons (Fsp3) is 0.154. The summed E-state index contributed by atoms with van der Waals surface area (Å²) in [7, 11) is 0. The van der Waals surface area contributed by atoms with Gasteiger partial charge in [-0.2, -0.15) is 0 Å². The summed E-state index contributed by atoms with van der Waals surface area (Å²) in [6.45, 7) is 2.05. The molecule has 0 fully saturated rings. The highest BCUT2D eigenvalue weighted by molar-refractivity contribution is 5.48. The van der Waals surface area contributed by atoms with Crippen molar-refractivity contribution in [3.63, 3.8) is 0 Å². The van der Waals surface area contributed by atoms with Gasteiger partial charge in [0.2, 0.25) is 0 Å². The molecule has 0 radical (unpaired) electrons. The topological polar surface area (TPSA) is 91.3 Å². The van der Waals surface area contributed by atoms with Crippen LogP contribution in [0.1, 0.15) is 11.1 Å². The SMILES string of the molecule is Cc1ccc([N+](=O)[O-])c(OCc2ccnc(N)c2)c1. The van der Waals surface area contributed by atoms with E-state index in [0.29, 0.717) is 5.82 Å². The van der Waals surface area contributed by atoms with E-state index in [1.807, 2.05) is 6.92 Å². The smallest absolute Gasteiger partial charge is 0.310 e. The monoisotopic (exact) mass is 259 g/mol. The molecule has 2 rings (SSSR count). The maximum atomic E-state index is 10.9. The Bertz CT molecular complexity index is 614. The van der Waals surface area contributed by atoms with Gasteiger partial charge in [-0.1, -0.05) is 6.07 Å². The first-order valence-corrected chi connectivity index (χ1v) is 5.64. The number of hydrogen-bond acceptors (Lipinski definition) is 5. The minimum absolute atomic E-state index is 0.0485. The van der Waals surface area contributed by atoms with Crippen molar-refractivity contribution >= 4 is 11.5 Å². The van der Waals surface area contributed by atoms with Crippen LogP contribution in [0.4, 0.5) is 11.5 Å². The zero-order valence-electron chi connectivity index (χ0n) is 10.4. The lowest BCUT2D eigenvalue weighted by Gasteiger charge is -2.08. The van der Waals surface area contributed by atoms with Crippen LogP contribution in [-0.4, -0.2) is 9.91 Å². The van der Waals surface area contributed by atoms with Gasteiger partial charge >= 0.3 is 5.69 Å². The van der Waals surface area contributed by atoms with Gasteiger partial charge in [0.25, 0.3) is 0 Å². The Morgan fingerprint density at radius 2 is 2.16 bits per heavy atom. The van der Waals surface area contributed by atoms with Crippen molar-refractivity contribution in [2.45, 2.75) is 13.5 Å². The van der Waals surface area contributed by atoms with Gasteiger partial charge in [0.15, 0.2) is 5.75 Å². The van der Waals surface area contributed by atoms with Crippen molar-refractivity contribution in [1.82, 2.24) is 4.98 Å². The van der Waals surface area contributed by atoms with Gasteiger partial charge in [-0.3, -0.25) is 10.1 Å². The van der Waals surface area contributed by atoms with Crippen LogP contribution in [0.15, 0.2) is 36.5 Å². The van der Waals surface area contributed by atoms with Crippen molar-refractivity contribution in [3.05, 3.63) is 57.8 Å². The van der Waals surface area contributed by atoms with Crippen LogP contribution in [-0.2, 0) is 6.61 Å². The summed E-state index contributed by atoms with van der Waals surface area (Å²) in [5.74, 6) is 0.639. The second-order valence-corrected chi connectivity index (χ2v) is 4.11. The van der Waals surface area contributed by atoms with Gasteiger partial charge in [-0.05, 0) is 36.2 Å². The van der Waals surface area contributed by atoms with Crippen molar-refractivity contribution in [2.24, 2.45) is 0 Å². The lowest BCUT2D eigenvalue weighted by molar-refractivity contribution is -0.386. The number of ether oxygens (including phenoxy) is 1. The molecule has 6 nitrogen and oxygen atoms in total. The maximum Gasteiger partial charge on any atom is 0.310 e.